The zero-order valence-corrected chi connectivity index (χ0v) is 19.7. The van der Waals surface area contributed by atoms with Crippen molar-refractivity contribution in [3.8, 4) is 11.3 Å². The highest BCUT2D eigenvalue weighted by Crippen LogP contribution is 2.33. The molecule has 172 valence electrons. The van der Waals surface area contributed by atoms with Crippen LogP contribution in [0.1, 0.15) is 40.7 Å². The first-order valence-corrected chi connectivity index (χ1v) is 11.3. The maximum Gasteiger partial charge on any atom is 0.261 e. The summed E-state index contributed by atoms with van der Waals surface area (Å²) in [6.45, 7) is 5.91. The summed E-state index contributed by atoms with van der Waals surface area (Å²) in [6, 6.07) is 8.29. The lowest BCUT2D eigenvalue weighted by Crippen LogP contribution is -2.21. The predicted octanol–water partition coefficient (Wildman–Crippen LogP) is 5.41. The number of rotatable bonds is 3. The van der Waals surface area contributed by atoms with E-state index in [1.807, 2.05) is 25.1 Å². The fourth-order valence-electron chi connectivity index (χ4n) is 4.11. The summed E-state index contributed by atoms with van der Waals surface area (Å²) in [5.74, 6) is -0.530. The summed E-state index contributed by atoms with van der Waals surface area (Å²) in [4.78, 5) is 26.8. The van der Waals surface area contributed by atoms with Crippen molar-refractivity contribution in [3.63, 3.8) is 0 Å². The average molecular weight is 477 g/mol. The van der Waals surface area contributed by atoms with Crippen LogP contribution < -0.4 is 5.56 Å². The van der Waals surface area contributed by atoms with Crippen molar-refractivity contribution in [1.82, 2.24) is 19.4 Å². The molecule has 0 bridgehead atoms. The molecule has 0 saturated carbocycles. The number of aromatic nitrogens is 4. The largest absolute Gasteiger partial charge is 0.369 e. The minimum absolute atomic E-state index is 0.212. The maximum atomic E-state index is 15.0. The summed E-state index contributed by atoms with van der Waals surface area (Å²) < 4.78 is 22.4. The Hall–Kier alpha value is -3.42. The Morgan fingerprint density at radius 1 is 1.15 bits per heavy atom. The zero-order valence-electron chi connectivity index (χ0n) is 19.0. The van der Waals surface area contributed by atoms with E-state index in [1.165, 1.54) is 10.5 Å². The zero-order chi connectivity index (χ0) is 24.0. The molecule has 4 aromatic rings. The lowest BCUT2D eigenvalue weighted by molar-refractivity contribution is 0.0825. The van der Waals surface area contributed by atoms with E-state index in [0.717, 1.165) is 16.8 Å². The molecule has 1 unspecified atom stereocenters. The molecule has 0 saturated heterocycles. The molecule has 0 N–H and O–H groups in total. The fraction of sp³-hybridized carbons (Fsp3) is 0.231. The third kappa shape index (κ3) is 4.02. The monoisotopic (exact) mass is 476 g/mol. The van der Waals surface area contributed by atoms with E-state index in [-0.39, 0.29) is 27.9 Å². The number of hydrogen-bond acceptors (Lipinski definition) is 5. The first-order chi connectivity index (χ1) is 16.3. The quantitative estimate of drug-likeness (QED) is 0.395. The van der Waals surface area contributed by atoms with Gasteiger partial charge in [0.15, 0.2) is 5.65 Å². The van der Waals surface area contributed by atoms with Crippen LogP contribution in [0.25, 0.3) is 22.5 Å². The van der Waals surface area contributed by atoms with Gasteiger partial charge in [-0.05, 0) is 74.7 Å². The second kappa shape index (κ2) is 8.74. The van der Waals surface area contributed by atoms with Gasteiger partial charge in [0.25, 0.3) is 5.56 Å². The van der Waals surface area contributed by atoms with Crippen molar-refractivity contribution in [2.24, 2.45) is 0 Å². The molecule has 0 aliphatic carbocycles. The van der Waals surface area contributed by atoms with Crippen LogP contribution in [-0.2, 0) is 4.74 Å². The lowest BCUT2D eigenvalue weighted by atomic mass is 10.00. The molecule has 1 aliphatic rings. The average Bonchev–Trinajstić information content (AvgIpc) is 2.82. The highest BCUT2D eigenvalue weighted by molar-refractivity contribution is 6.30. The molecule has 0 amide bonds. The van der Waals surface area contributed by atoms with Crippen molar-refractivity contribution in [2.75, 3.05) is 6.61 Å². The molecule has 1 aromatic carbocycles. The summed E-state index contributed by atoms with van der Waals surface area (Å²) >= 11 is 5.97. The van der Waals surface area contributed by atoms with Crippen LogP contribution >= 0.6 is 11.6 Å². The number of halogens is 2. The van der Waals surface area contributed by atoms with Crippen LogP contribution in [0.4, 0.5) is 4.39 Å². The molecule has 0 radical (unpaired) electrons. The number of ether oxygens (including phenoxy) is 1. The summed E-state index contributed by atoms with van der Waals surface area (Å²) in [5.41, 5.74) is 5.08. The number of fused-ring (bicyclic) bond motifs is 1. The van der Waals surface area contributed by atoms with Crippen LogP contribution in [0.5, 0.6) is 0 Å². The van der Waals surface area contributed by atoms with Crippen molar-refractivity contribution in [2.45, 2.75) is 33.3 Å². The normalized spacial score (nSPS) is 16.0. The maximum absolute atomic E-state index is 15.0. The van der Waals surface area contributed by atoms with Gasteiger partial charge in [0.1, 0.15) is 17.6 Å². The summed E-state index contributed by atoms with van der Waals surface area (Å²) in [5, 5.41) is 0.279. The molecule has 6 nitrogen and oxygen atoms in total. The highest BCUT2D eigenvalue weighted by atomic mass is 35.5. The minimum atomic E-state index is -0.530. The molecule has 5 rings (SSSR count). The van der Waals surface area contributed by atoms with Gasteiger partial charge in [0.2, 0.25) is 0 Å². The number of aryl methyl sites for hydroxylation is 2. The molecular formula is C26H22ClFN4O2. The molecule has 34 heavy (non-hydrogen) atoms. The van der Waals surface area contributed by atoms with Crippen LogP contribution in [0.3, 0.4) is 0 Å². The van der Waals surface area contributed by atoms with Crippen molar-refractivity contribution in [1.29, 1.82) is 0 Å². The fourth-order valence-corrected chi connectivity index (χ4v) is 4.27. The molecule has 0 spiro atoms. The SMILES string of the molecule is Cc1cc(C2C=C(c3cn4c(=O)c(C)c(C)nc4c(-c4ccc(Cl)cc4F)n3)CCO2)ccn1. The van der Waals surface area contributed by atoms with Crippen LogP contribution in [0.15, 0.2) is 53.6 Å². The Kier molecular flexibility index (Phi) is 5.75. The Morgan fingerprint density at radius 2 is 1.97 bits per heavy atom. The van der Waals surface area contributed by atoms with E-state index < -0.39 is 5.82 Å². The lowest BCUT2D eigenvalue weighted by Gasteiger charge is -2.23. The van der Waals surface area contributed by atoms with Crippen molar-refractivity contribution >= 4 is 22.8 Å². The highest BCUT2D eigenvalue weighted by Gasteiger charge is 2.22. The Morgan fingerprint density at radius 3 is 2.74 bits per heavy atom. The first kappa shape index (κ1) is 22.4. The van der Waals surface area contributed by atoms with Gasteiger partial charge in [-0.15, -0.1) is 0 Å². The van der Waals surface area contributed by atoms with E-state index in [1.54, 1.807) is 38.4 Å². The third-order valence-corrected chi connectivity index (χ3v) is 6.30. The standard InChI is InChI=1S/C26H22ClFN4O2/c1-14-10-18(6-8-29-14)23-11-17(7-9-34-23)22-13-32-25(30-16(3)15(2)26(32)33)24(31-22)20-5-4-19(27)12-21(20)28/h4-6,8,10-13,23H,7,9H2,1-3H3. The van der Waals surface area contributed by atoms with Crippen LogP contribution in [-0.4, -0.2) is 26.0 Å². The topological polar surface area (TPSA) is 69.4 Å². The van der Waals surface area contributed by atoms with Gasteiger partial charge in [0, 0.05) is 39.9 Å². The second-order valence-electron chi connectivity index (χ2n) is 8.38. The molecule has 3 aromatic heterocycles. The molecule has 8 heteroatoms. The number of nitrogens with zero attached hydrogens (tertiary/aromatic N) is 4. The van der Waals surface area contributed by atoms with Gasteiger partial charge in [-0.25, -0.2) is 14.4 Å². The van der Waals surface area contributed by atoms with Crippen molar-refractivity contribution in [3.05, 3.63) is 98.2 Å². The van der Waals surface area contributed by atoms with Crippen LogP contribution in [0, 0.1) is 26.6 Å². The van der Waals surface area contributed by atoms with E-state index in [0.29, 0.717) is 35.6 Å². The van der Waals surface area contributed by atoms with Crippen LogP contribution in [0.2, 0.25) is 5.02 Å². The summed E-state index contributed by atoms with van der Waals surface area (Å²) in [6.07, 6.45) is 5.76. The molecular weight excluding hydrogens is 455 g/mol. The number of hydrogen-bond donors (Lipinski definition) is 0. The van der Waals surface area contributed by atoms with Crippen molar-refractivity contribution < 1.29 is 9.13 Å². The molecule has 4 heterocycles. The molecule has 1 atom stereocenters. The van der Waals surface area contributed by atoms with E-state index in [2.05, 4.69) is 9.97 Å². The summed E-state index contributed by atoms with van der Waals surface area (Å²) in [7, 11) is 0. The Balaban J connectivity index is 1.74. The third-order valence-electron chi connectivity index (χ3n) is 6.07. The van der Waals surface area contributed by atoms with Gasteiger partial charge < -0.3 is 4.74 Å². The number of benzene rings is 1. The smallest absolute Gasteiger partial charge is 0.261 e. The molecule has 0 fully saturated rings. The van der Waals surface area contributed by atoms with E-state index in [4.69, 9.17) is 21.3 Å². The van der Waals surface area contributed by atoms with Gasteiger partial charge in [-0.3, -0.25) is 14.2 Å². The van der Waals surface area contributed by atoms with E-state index in [9.17, 15) is 9.18 Å². The van der Waals surface area contributed by atoms with E-state index >= 15 is 0 Å². The van der Waals surface area contributed by atoms with Gasteiger partial charge in [0.05, 0.1) is 12.3 Å². The minimum Gasteiger partial charge on any atom is -0.369 e. The van der Waals surface area contributed by atoms with Gasteiger partial charge in [-0.2, -0.15) is 0 Å². The number of pyridine rings is 1. The van der Waals surface area contributed by atoms with Gasteiger partial charge >= 0.3 is 0 Å². The Labute approximate surface area is 200 Å². The predicted molar refractivity (Wildman–Crippen MR) is 129 cm³/mol. The molecule has 1 aliphatic heterocycles. The van der Waals surface area contributed by atoms with Gasteiger partial charge in [-0.1, -0.05) is 11.6 Å². The first-order valence-electron chi connectivity index (χ1n) is 10.9. The second-order valence-corrected chi connectivity index (χ2v) is 8.82. The Bertz CT molecular complexity index is 1530.